The van der Waals surface area contributed by atoms with E-state index in [1.807, 2.05) is 0 Å². The number of halogens is 3. The van der Waals surface area contributed by atoms with Crippen molar-refractivity contribution in [1.82, 2.24) is 0 Å². The summed E-state index contributed by atoms with van der Waals surface area (Å²) in [5.74, 6) is -1.40. The van der Waals surface area contributed by atoms with Gasteiger partial charge in [-0.2, -0.15) is 8.78 Å². The lowest BCUT2D eigenvalue weighted by atomic mass is 10.1. The zero-order chi connectivity index (χ0) is 11.6. The smallest absolute Gasteiger partial charge is 0.387 e. The highest BCUT2D eigenvalue weighted by Crippen LogP contribution is 2.29. The summed E-state index contributed by atoms with van der Waals surface area (Å²) in [5.41, 5.74) is 0.268. The van der Waals surface area contributed by atoms with E-state index < -0.39 is 12.6 Å². The summed E-state index contributed by atoms with van der Waals surface area (Å²) >= 11 is 5.57. The van der Waals surface area contributed by atoms with E-state index >= 15 is 0 Å². The highest BCUT2D eigenvalue weighted by Gasteiger charge is 2.14. The zero-order valence-electron chi connectivity index (χ0n) is 7.63. The minimum Gasteiger partial charge on any atom is -0.478 e. The average molecular weight is 237 g/mol. The number of aromatic carboxylic acids is 1. The molecule has 0 unspecified atom stereocenters. The quantitative estimate of drug-likeness (QED) is 0.878. The molecule has 6 heteroatoms. The van der Waals surface area contributed by atoms with E-state index in [0.717, 1.165) is 12.1 Å². The Morgan fingerprint density at radius 1 is 1.53 bits per heavy atom. The first-order chi connectivity index (χ1) is 6.91. The molecule has 0 saturated carbocycles. The van der Waals surface area contributed by atoms with Crippen molar-refractivity contribution in [1.29, 1.82) is 0 Å². The molecule has 0 fully saturated rings. The van der Waals surface area contributed by atoms with Gasteiger partial charge in [-0.3, -0.25) is 0 Å². The summed E-state index contributed by atoms with van der Waals surface area (Å²) in [6.07, 6.45) is 0. The lowest BCUT2D eigenvalue weighted by molar-refractivity contribution is -0.0498. The van der Waals surface area contributed by atoms with Crippen molar-refractivity contribution in [2.45, 2.75) is 13.5 Å². The Labute approximate surface area is 89.2 Å². The van der Waals surface area contributed by atoms with Crippen molar-refractivity contribution in [3.8, 4) is 5.75 Å². The average Bonchev–Trinajstić information content (AvgIpc) is 2.09. The van der Waals surface area contributed by atoms with Crippen LogP contribution in [-0.4, -0.2) is 17.7 Å². The molecule has 1 rings (SSSR count). The number of alkyl halides is 2. The minimum atomic E-state index is -2.99. The van der Waals surface area contributed by atoms with Crippen molar-refractivity contribution in [3.05, 3.63) is 28.3 Å². The van der Waals surface area contributed by atoms with E-state index in [4.69, 9.17) is 16.7 Å². The Bertz CT molecular complexity index is 393. The molecule has 1 N–H and O–H groups in total. The lowest BCUT2D eigenvalue weighted by Crippen LogP contribution is -2.05. The van der Waals surface area contributed by atoms with Gasteiger partial charge in [0.15, 0.2) is 0 Å². The van der Waals surface area contributed by atoms with Crippen LogP contribution in [0.4, 0.5) is 8.78 Å². The molecule has 82 valence electrons. The molecule has 0 aromatic heterocycles. The lowest BCUT2D eigenvalue weighted by Gasteiger charge is -2.09. The van der Waals surface area contributed by atoms with Gasteiger partial charge in [-0.05, 0) is 24.6 Å². The molecule has 3 nitrogen and oxygen atoms in total. The molecule has 0 atom stereocenters. The first kappa shape index (κ1) is 11.7. The highest BCUT2D eigenvalue weighted by molar-refractivity contribution is 6.32. The molecule has 0 saturated heterocycles. The summed E-state index contributed by atoms with van der Waals surface area (Å²) in [5, 5.41) is 8.56. The third-order valence-corrected chi connectivity index (χ3v) is 2.02. The molecule has 0 aliphatic carbocycles. The molecule has 0 spiro atoms. The molecule has 0 bridgehead atoms. The second-order valence-corrected chi connectivity index (χ2v) is 3.19. The highest BCUT2D eigenvalue weighted by atomic mass is 35.5. The number of ether oxygens (including phenoxy) is 1. The predicted molar refractivity (Wildman–Crippen MR) is 49.8 cm³/mol. The topological polar surface area (TPSA) is 46.5 Å². The van der Waals surface area contributed by atoms with Gasteiger partial charge >= 0.3 is 12.6 Å². The van der Waals surface area contributed by atoms with E-state index in [0.29, 0.717) is 5.56 Å². The van der Waals surface area contributed by atoms with Crippen molar-refractivity contribution in [2.24, 2.45) is 0 Å². The molecule has 0 radical (unpaired) electrons. The number of carbonyl (C=O) groups is 1. The molecule has 1 aromatic rings. The number of aryl methyl sites for hydroxylation is 1. The molecular formula is C9H7ClF2O3. The van der Waals surface area contributed by atoms with Crippen LogP contribution in [0.25, 0.3) is 0 Å². The predicted octanol–water partition coefficient (Wildman–Crippen LogP) is 2.95. The SMILES string of the molecule is Cc1cc(OC(F)F)c(Cl)cc1C(=O)O. The van der Waals surface area contributed by atoms with E-state index in [-0.39, 0.29) is 16.3 Å². The molecular weight excluding hydrogens is 230 g/mol. The monoisotopic (exact) mass is 236 g/mol. The fourth-order valence-electron chi connectivity index (χ4n) is 1.07. The maximum atomic E-state index is 11.9. The maximum Gasteiger partial charge on any atom is 0.387 e. The summed E-state index contributed by atoms with van der Waals surface area (Å²) in [6.45, 7) is -1.52. The van der Waals surface area contributed by atoms with Crippen LogP contribution < -0.4 is 4.74 Å². The van der Waals surface area contributed by atoms with Crippen LogP contribution in [-0.2, 0) is 0 Å². The second kappa shape index (κ2) is 4.44. The van der Waals surface area contributed by atoms with Crippen molar-refractivity contribution in [3.63, 3.8) is 0 Å². The number of benzene rings is 1. The third kappa shape index (κ3) is 2.79. The van der Waals surface area contributed by atoms with Crippen LogP contribution >= 0.6 is 11.6 Å². The standard InChI is InChI=1S/C9H7ClF2O3/c1-4-2-7(15-9(11)12)6(10)3-5(4)8(13)14/h2-3,9H,1H3,(H,13,14). The van der Waals surface area contributed by atoms with Crippen molar-refractivity contribution in [2.75, 3.05) is 0 Å². The molecule has 0 heterocycles. The largest absolute Gasteiger partial charge is 0.478 e. The van der Waals surface area contributed by atoms with Gasteiger partial charge in [0.2, 0.25) is 0 Å². The van der Waals surface area contributed by atoms with Crippen molar-refractivity contribution < 1.29 is 23.4 Å². The number of hydrogen-bond donors (Lipinski definition) is 1. The fraction of sp³-hybridized carbons (Fsp3) is 0.222. The van der Waals surface area contributed by atoms with Gasteiger partial charge in [0.1, 0.15) is 5.75 Å². The Kier molecular flexibility index (Phi) is 3.47. The van der Waals surface area contributed by atoms with Gasteiger partial charge in [0, 0.05) is 0 Å². The normalized spacial score (nSPS) is 10.5. The Hall–Kier alpha value is -1.36. The van der Waals surface area contributed by atoms with Crippen LogP contribution in [0.1, 0.15) is 15.9 Å². The number of carboxylic acid groups (broad SMARTS) is 1. The zero-order valence-corrected chi connectivity index (χ0v) is 8.39. The summed E-state index contributed by atoms with van der Waals surface area (Å²) in [7, 11) is 0. The van der Waals surface area contributed by atoms with Gasteiger partial charge in [-0.25, -0.2) is 4.79 Å². The van der Waals surface area contributed by atoms with Crippen molar-refractivity contribution >= 4 is 17.6 Å². The third-order valence-electron chi connectivity index (χ3n) is 1.73. The number of hydrogen-bond acceptors (Lipinski definition) is 2. The Morgan fingerprint density at radius 2 is 2.13 bits per heavy atom. The second-order valence-electron chi connectivity index (χ2n) is 2.78. The summed E-state index contributed by atoms with van der Waals surface area (Å²) in [6, 6.07) is 2.24. The molecule has 1 aromatic carbocycles. The number of rotatable bonds is 3. The minimum absolute atomic E-state index is 0.0402. The van der Waals surface area contributed by atoms with Crippen LogP contribution in [0.15, 0.2) is 12.1 Å². The van der Waals surface area contributed by atoms with E-state index in [9.17, 15) is 13.6 Å². The van der Waals surface area contributed by atoms with Gasteiger partial charge in [0.25, 0.3) is 0 Å². The van der Waals surface area contributed by atoms with E-state index in [2.05, 4.69) is 4.74 Å². The first-order valence-corrected chi connectivity index (χ1v) is 4.28. The maximum absolute atomic E-state index is 11.9. The van der Waals surface area contributed by atoms with Gasteiger partial charge in [0.05, 0.1) is 10.6 Å². The number of carboxylic acids is 1. The summed E-state index contributed by atoms with van der Waals surface area (Å²) in [4.78, 5) is 10.7. The molecule has 0 aliphatic rings. The Balaban J connectivity index is 3.13. The summed E-state index contributed by atoms with van der Waals surface area (Å²) < 4.78 is 27.9. The van der Waals surface area contributed by atoms with Gasteiger partial charge < -0.3 is 9.84 Å². The van der Waals surface area contributed by atoms with E-state index in [1.165, 1.54) is 6.92 Å². The molecule has 0 aliphatic heterocycles. The van der Waals surface area contributed by atoms with Crippen LogP contribution in [0.2, 0.25) is 5.02 Å². The van der Waals surface area contributed by atoms with Crippen LogP contribution in [0, 0.1) is 6.92 Å². The molecule has 0 amide bonds. The van der Waals surface area contributed by atoms with E-state index in [1.54, 1.807) is 0 Å². The molecule has 15 heavy (non-hydrogen) atoms. The Morgan fingerprint density at radius 3 is 2.60 bits per heavy atom. The van der Waals surface area contributed by atoms with Gasteiger partial charge in [-0.1, -0.05) is 11.6 Å². The van der Waals surface area contributed by atoms with Crippen LogP contribution in [0.3, 0.4) is 0 Å². The fourth-order valence-corrected chi connectivity index (χ4v) is 1.28. The van der Waals surface area contributed by atoms with Crippen LogP contribution in [0.5, 0.6) is 5.75 Å². The van der Waals surface area contributed by atoms with Gasteiger partial charge in [-0.15, -0.1) is 0 Å². The first-order valence-electron chi connectivity index (χ1n) is 3.90.